The number of aliphatic hydroxyl groups is 1. The van der Waals surface area contributed by atoms with Crippen molar-refractivity contribution in [2.75, 3.05) is 6.61 Å². The van der Waals surface area contributed by atoms with Gasteiger partial charge in [-0.1, -0.05) is 0 Å². The second kappa shape index (κ2) is 2.46. The van der Waals surface area contributed by atoms with Crippen molar-refractivity contribution in [2.45, 2.75) is 25.7 Å². The summed E-state index contributed by atoms with van der Waals surface area (Å²) in [7, 11) is 0. The van der Waals surface area contributed by atoms with E-state index >= 15 is 0 Å². The highest BCUT2D eigenvalue weighted by molar-refractivity contribution is 5.76. The molecule has 0 aromatic heterocycles. The van der Waals surface area contributed by atoms with Gasteiger partial charge in [-0.25, -0.2) is 0 Å². The van der Waals surface area contributed by atoms with Crippen molar-refractivity contribution in [1.82, 2.24) is 0 Å². The Labute approximate surface area is 71.4 Å². The van der Waals surface area contributed by atoms with Crippen LogP contribution in [0.1, 0.15) is 25.7 Å². The zero-order valence-electron chi connectivity index (χ0n) is 6.99. The lowest BCUT2D eigenvalue weighted by Gasteiger charge is -2.29. The van der Waals surface area contributed by atoms with Crippen molar-refractivity contribution in [3.8, 4) is 0 Å². The van der Waals surface area contributed by atoms with Crippen LogP contribution in [0.3, 0.4) is 0 Å². The van der Waals surface area contributed by atoms with E-state index in [1.165, 1.54) is 0 Å². The maximum atomic E-state index is 11.0. The molecule has 0 radical (unpaired) electrons. The highest BCUT2D eigenvalue weighted by Gasteiger charge is 2.56. The monoisotopic (exact) mass is 170 g/mol. The molecule has 0 saturated heterocycles. The molecule has 3 unspecified atom stereocenters. The minimum Gasteiger partial charge on any atom is -0.481 e. The van der Waals surface area contributed by atoms with Crippen LogP contribution in [0.5, 0.6) is 0 Å². The molecule has 2 N–H and O–H groups in total. The molecule has 2 aliphatic carbocycles. The van der Waals surface area contributed by atoms with Gasteiger partial charge >= 0.3 is 5.97 Å². The van der Waals surface area contributed by atoms with Crippen molar-refractivity contribution >= 4 is 5.97 Å². The van der Waals surface area contributed by atoms with Crippen molar-refractivity contribution in [3.05, 3.63) is 0 Å². The van der Waals surface area contributed by atoms with Gasteiger partial charge in [0.15, 0.2) is 0 Å². The van der Waals surface area contributed by atoms with Gasteiger partial charge in [-0.3, -0.25) is 4.79 Å². The molecule has 0 heterocycles. The molecule has 2 fully saturated rings. The highest BCUT2D eigenvalue weighted by Crippen LogP contribution is 2.57. The molecule has 0 spiro atoms. The van der Waals surface area contributed by atoms with Gasteiger partial charge in [0.2, 0.25) is 0 Å². The minimum atomic E-state index is -0.693. The van der Waals surface area contributed by atoms with Gasteiger partial charge in [0, 0.05) is 6.61 Å². The zero-order chi connectivity index (χ0) is 8.77. The molecule has 2 bridgehead atoms. The second-order valence-electron chi connectivity index (χ2n) is 4.19. The molecule has 3 atom stereocenters. The number of hydrogen-bond donors (Lipinski definition) is 2. The number of aliphatic hydroxyl groups excluding tert-OH is 1. The summed E-state index contributed by atoms with van der Waals surface area (Å²) in [6, 6.07) is 0. The topological polar surface area (TPSA) is 57.5 Å². The molecule has 0 aliphatic heterocycles. The average molecular weight is 170 g/mol. The van der Waals surface area contributed by atoms with Crippen LogP contribution in [0.25, 0.3) is 0 Å². The van der Waals surface area contributed by atoms with Gasteiger partial charge < -0.3 is 10.2 Å². The molecule has 0 amide bonds. The average Bonchev–Trinajstić information content (AvgIpc) is 2.60. The van der Waals surface area contributed by atoms with E-state index in [2.05, 4.69) is 0 Å². The summed E-state index contributed by atoms with van der Waals surface area (Å²) in [6.07, 6.45) is 3.54. The summed E-state index contributed by atoms with van der Waals surface area (Å²) in [5.74, 6) is -0.103. The SMILES string of the molecule is O=C(O)C12CCC(CC1CO)C2. The fourth-order valence-corrected chi connectivity index (χ4v) is 3.00. The number of carboxylic acids is 1. The summed E-state index contributed by atoms with van der Waals surface area (Å²) in [6.45, 7) is 0.0444. The molecule has 0 aromatic carbocycles. The van der Waals surface area contributed by atoms with Crippen LogP contribution in [-0.2, 0) is 4.79 Å². The summed E-state index contributed by atoms with van der Waals surface area (Å²) in [5, 5.41) is 18.1. The fourth-order valence-electron chi connectivity index (χ4n) is 3.00. The predicted octanol–water partition coefficient (Wildman–Crippen LogP) is 0.870. The van der Waals surface area contributed by atoms with E-state index in [9.17, 15) is 4.79 Å². The Morgan fingerprint density at radius 3 is 2.75 bits per heavy atom. The van der Waals surface area contributed by atoms with Gasteiger partial charge in [-0.2, -0.15) is 0 Å². The Hall–Kier alpha value is -0.570. The summed E-state index contributed by atoms with van der Waals surface area (Å²) < 4.78 is 0. The minimum absolute atomic E-state index is 0.0220. The molecule has 0 aromatic rings. The van der Waals surface area contributed by atoms with Crippen molar-refractivity contribution < 1.29 is 15.0 Å². The van der Waals surface area contributed by atoms with Gasteiger partial charge in [-0.15, -0.1) is 0 Å². The maximum absolute atomic E-state index is 11.0. The third-order valence-electron chi connectivity index (χ3n) is 3.70. The fraction of sp³-hybridized carbons (Fsp3) is 0.889. The maximum Gasteiger partial charge on any atom is 0.310 e. The summed E-state index contributed by atoms with van der Waals surface area (Å²) in [4.78, 5) is 11.0. The third-order valence-corrected chi connectivity index (χ3v) is 3.70. The Morgan fingerprint density at radius 2 is 2.33 bits per heavy atom. The van der Waals surface area contributed by atoms with E-state index in [0.717, 1.165) is 25.7 Å². The molecular weight excluding hydrogens is 156 g/mol. The molecular formula is C9H14O3. The van der Waals surface area contributed by atoms with E-state index in [1.54, 1.807) is 0 Å². The van der Waals surface area contributed by atoms with Crippen LogP contribution < -0.4 is 0 Å². The lowest BCUT2D eigenvalue weighted by atomic mass is 9.75. The van der Waals surface area contributed by atoms with Crippen LogP contribution in [0.4, 0.5) is 0 Å². The number of carbonyl (C=O) groups is 1. The molecule has 3 heteroatoms. The first-order valence-corrected chi connectivity index (χ1v) is 4.53. The van der Waals surface area contributed by atoms with Crippen LogP contribution in [0, 0.1) is 17.3 Å². The molecule has 12 heavy (non-hydrogen) atoms. The normalized spacial score (nSPS) is 45.1. The quantitative estimate of drug-likeness (QED) is 0.646. The Balaban J connectivity index is 2.26. The Bertz CT molecular complexity index is 214. The molecule has 3 nitrogen and oxygen atoms in total. The lowest BCUT2D eigenvalue weighted by Crippen LogP contribution is -2.35. The van der Waals surface area contributed by atoms with E-state index < -0.39 is 11.4 Å². The van der Waals surface area contributed by atoms with Crippen LogP contribution in [-0.4, -0.2) is 22.8 Å². The van der Waals surface area contributed by atoms with Gasteiger partial charge in [-0.05, 0) is 37.5 Å². The Kier molecular flexibility index (Phi) is 1.65. The molecule has 68 valence electrons. The number of fused-ring (bicyclic) bond motifs is 2. The number of carboxylic acid groups (broad SMARTS) is 1. The summed E-state index contributed by atoms with van der Waals surface area (Å²) in [5.41, 5.74) is -0.556. The lowest BCUT2D eigenvalue weighted by molar-refractivity contribution is -0.152. The first kappa shape index (κ1) is 8.05. The van der Waals surface area contributed by atoms with Gasteiger partial charge in [0.1, 0.15) is 0 Å². The van der Waals surface area contributed by atoms with E-state index in [-0.39, 0.29) is 12.5 Å². The zero-order valence-corrected chi connectivity index (χ0v) is 6.99. The van der Waals surface area contributed by atoms with Crippen molar-refractivity contribution in [2.24, 2.45) is 17.3 Å². The third kappa shape index (κ3) is 0.829. The molecule has 2 rings (SSSR count). The van der Waals surface area contributed by atoms with Gasteiger partial charge in [0.05, 0.1) is 5.41 Å². The smallest absolute Gasteiger partial charge is 0.310 e. The first-order valence-electron chi connectivity index (χ1n) is 4.53. The summed E-state index contributed by atoms with van der Waals surface area (Å²) >= 11 is 0. The Morgan fingerprint density at radius 1 is 1.58 bits per heavy atom. The van der Waals surface area contributed by atoms with Crippen LogP contribution >= 0.6 is 0 Å². The highest BCUT2D eigenvalue weighted by atomic mass is 16.4. The van der Waals surface area contributed by atoms with E-state index in [4.69, 9.17) is 10.2 Å². The van der Waals surface area contributed by atoms with Crippen LogP contribution in [0.2, 0.25) is 0 Å². The predicted molar refractivity (Wildman–Crippen MR) is 42.6 cm³/mol. The number of rotatable bonds is 2. The second-order valence-corrected chi connectivity index (χ2v) is 4.19. The standard InChI is InChI=1S/C9H14O3/c10-5-7-3-6-1-2-9(7,4-6)8(11)12/h6-7,10H,1-5H2,(H,11,12). The molecule has 2 saturated carbocycles. The number of aliphatic carboxylic acids is 1. The first-order chi connectivity index (χ1) is 5.69. The van der Waals surface area contributed by atoms with Gasteiger partial charge in [0.25, 0.3) is 0 Å². The van der Waals surface area contributed by atoms with Crippen molar-refractivity contribution in [1.29, 1.82) is 0 Å². The van der Waals surface area contributed by atoms with E-state index in [1.807, 2.05) is 0 Å². The molecule has 2 aliphatic rings. The van der Waals surface area contributed by atoms with Crippen molar-refractivity contribution in [3.63, 3.8) is 0 Å². The van der Waals surface area contributed by atoms with E-state index in [0.29, 0.717) is 5.92 Å². The van der Waals surface area contributed by atoms with Crippen LogP contribution in [0.15, 0.2) is 0 Å². The number of hydrogen-bond acceptors (Lipinski definition) is 2. The largest absolute Gasteiger partial charge is 0.481 e.